The van der Waals surface area contributed by atoms with Crippen LogP contribution < -0.4 is 25.6 Å². The molecular weight excluding hydrogens is 418 g/mol. The van der Waals surface area contributed by atoms with Crippen LogP contribution in [0.4, 0.5) is 4.79 Å². The van der Waals surface area contributed by atoms with E-state index in [2.05, 4.69) is 0 Å². The SMILES string of the molecule is COc1cc([C@H]2C(C#N)=C(N)Oc3cc(C)oc(=O)c32)ccc1OC(=O)N1CCOCC1. The number of nitrogens with zero attached hydrogens (tertiary/aromatic N) is 2. The monoisotopic (exact) mass is 439 g/mol. The van der Waals surface area contributed by atoms with Crippen LogP contribution >= 0.6 is 0 Å². The predicted octanol–water partition coefficient (Wildman–Crippen LogP) is 2.01. The van der Waals surface area contributed by atoms with E-state index >= 15 is 0 Å². The molecule has 2 aliphatic heterocycles. The Morgan fingerprint density at radius 3 is 2.69 bits per heavy atom. The number of hydrogen-bond acceptors (Lipinski definition) is 9. The van der Waals surface area contributed by atoms with E-state index in [9.17, 15) is 14.9 Å². The van der Waals surface area contributed by atoms with Crippen molar-refractivity contribution >= 4 is 6.09 Å². The topological polar surface area (TPSA) is 137 Å². The van der Waals surface area contributed by atoms with Crippen LogP contribution in [0.5, 0.6) is 17.2 Å². The van der Waals surface area contributed by atoms with Gasteiger partial charge in [0.05, 0.1) is 31.8 Å². The maximum absolute atomic E-state index is 12.6. The summed E-state index contributed by atoms with van der Waals surface area (Å²) in [6, 6.07) is 8.33. The van der Waals surface area contributed by atoms with Crippen LogP contribution in [0.2, 0.25) is 0 Å². The lowest BCUT2D eigenvalue weighted by molar-refractivity contribution is 0.0413. The van der Waals surface area contributed by atoms with Crippen molar-refractivity contribution in [2.75, 3.05) is 33.4 Å². The number of hydrogen-bond donors (Lipinski definition) is 1. The number of aryl methyl sites for hydroxylation is 1. The number of rotatable bonds is 3. The molecule has 1 saturated heterocycles. The fourth-order valence-electron chi connectivity index (χ4n) is 3.70. The zero-order valence-corrected chi connectivity index (χ0v) is 17.5. The Bertz CT molecular complexity index is 1190. The Hall–Kier alpha value is -3.97. The number of ether oxygens (including phenoxy) is 4. The highest BCUT2D eigenvalue weighted by molar-refractivity contribution is 5.72. The van der Waals surface area contributed by atoms with Gasteiger partial charge in [-0.25, -0.2) is 9.59 Å². The van der Waals surface area contributed by atoms with E-state index in [4.69, 9.17) is 29.1 Å². The molecule has 0 bridgehead atoms. The Morgan fingerprint density at radius 1 is 1.25 bits per heavy atom. The first-order valence-electron chi connectivity index (χ1n) is 9.87. The van der Waals surface area contributed by atoms with Crippen molar-refractivity contribution in [2.45, 2.75) is 12.8 Å². The van der Waals surface area contributed by atoms with E-state index in [0.717, 1.165) is 0 Å². The smallest absolute Gasteiger partial charge is 0.415 e. The zero-order valence-electron chi connectivity index (χ0n) is 17.5. The third-order valence-electron chi connectivity index (χ3n) is 5.24. The number of carbonyl (C=O) groups excluding carboxylic acids is 1. The van der Waals surface area contributed by atoms with Crippen molar-refractivity contribution < 1.29 is 28.2 Å². The number of amides is 1. The Kier molecular flexibility index (Phi) is 5.75. The lowest BCUT2D eigenvalue weighted by Crippen LogP contribution is -2.42. The van der Waals surface area contributed by atoms with E-state index in [1.165, 1.54) is 12.0 Å². The number of allylic oxidation sites excluding steroid dienone is 1. The van der Waals surface area contributed by atoms with E-state index in [1.54, 1.807) is 31.2 Å². The summed E-state index contributed by atoms with van der Waals surface area (Å²) in [7, 11) is 1.43. The van der Waals surface area contributed by atoms with Gasteiger partial charge < -0.3 is 34.0 Å². The van der Waals surface area contributed by atoms with Crippen LogP contribution in [0.3, 0.4) is 0 Å². The van der Waals surface area contributed by atoms with Gasteiger partial charge in [-0.1, -0.05) is 6.07 Å². The molecule has 0 spiro atoms. The summed E-state index contributed by atoms with van der Waals surface area (Å²) in [4.78, 5) is 26.6. The largest absolute Gasteiger partial charge is 0.493 e. The molecule has 10 nitrogen and oxygen atoms in total. The molecule has 4 rings (SSSR count). The van der Waals surface area contributed by atoms with Crippen molar-refractivity contribution in [2.24, 2.45) is 5.73 Å². The van der Waals surface area contributed by atoms with E-state index in [1.807, 2.05) is 6.07 Å². The lowest BCUT2D eigenvalue weighted by Gasteiger charge is -2.27. The molecule has 1 fully saturated rings. The molecule has 1 aromatic carbocycles. The number of nitriles is 1. The first-order chi connectivity index (χ1) is 15.4. The van der Waals surface area contributed by atoms with E-state index in [0.29, 0.717) is 37.6 Å². The number of carbonyl (C=O) groups is 1. The van der Waals surface area contributed by atoms with Gasteiger partial charge >= 0.3 is 11.7 Å². The average molecular weight is 439 g/mol. The molecule has 2 N–H and O–H groups in total. The summed E-state index contributed by atoms with van der Waals surface area (Å²) >= 11 is 0. The van der Waals surface area contributed by atoms with Crippen LogP contribution in [0.1, 0.15) is 22.8 Å². The highest BCUT2D eigenvalue weighted by atomic mass is 16.6. The van der Waals surface area contributed by atoms with Crippen LogP contribution in [0, 0.1) is 18.3 Å². The van der Waals surface area contributed by atoms with Gasteiger partial charge in [-0.05, 0) is 24.6 Å². The summed E-state index contributed by atoms with van der Waals surface area (Å²) in [6.07, 6.45) is -0.520. The molecule has 2 aromatic rings. The highest BCUT2D eigenvalue weighted by Gasteiger charge is 2.35. The molecule has 0 unspecified atom stereocenters. The van der Waals surface area contributed by atoms with Gasteiger partial charge in [0, 0.05) is 19.2 Å². The van der Waals surface area contributed by atoms with Crippen molar-refractivity contribution in [1.29, 1.82) is 5.26 Å². The summed E-state index contributed by atoms with van der Waals surface area (Å²) in [5.74, 6) is 0.0944. The van der Waals surface area contributed by atoms with Gasteiger partial charge in [-0.3, -0.25) is 0 Å². The third kappa shape index (κ3) is 3.86. The summed E-state index contributed by atoms with van der Waals surface area (Å²) in [6.45, 7) is 3.37. The maximum Gasteiger partial charge on any atom is 0.415 e. The highest BCUT2D eigenvalue weighted by Crippen LogP contribution is 2.42. The minimum atomic E-state index is -0.835. The minimum absolute atomic E-state index is 0.0637. The first-order valence-corrected chi connectivity index (χ1v) is 9.87. The normalized spacial score (nSPS) is 17.8. The lowest BCUT2D eigenvalue weighted by atomic mass is 9.84. The first kappa shape index (κ1) is 21.3. The number of benzene rings is 1. The molecule has 10 heteroatoms. The molecule has 0 saturated carbocycles. The van der Waals surface area contributed by atoms with Gasteiger partial charge in [0.25, 0.3) is 0 Å². The zero-order chi connectivity index (χ0) is 22.8. The van der Waals surface area contributed by atoms with Crippen molar-refractivity contribution in [3.63, 3.8) is 0 Å². The van der Waals surface area contributed by atoms with Crippen LogP contribution in [0.25, 0.3) is 0 Å². The molecule has 32 heavy (non-hydrogen) atoms. The van der Waals surface area contributed by atoms with Crippen LogP contribution in [-0.4, -0.2) is 44.4 Å². The molecule has 1 aromatic heterocycles. The third-order valence-corrected chi connectivity index (χ3v) is 5.24. The van der Waals surface area contributed by atoms with Crippen molar-refractivity contribution in [1.82, 2.24) is 4.90 Å². The van der Waals surface area contributed by atoms with Gasteiger partial charge in [-0.2, -0.15) is 5.26 Å². The summed E-state index contributed by atoms with van der Waals surface area (Å²) < 4.78 is 26.9. The van der Waals surface area contributed by atoms with Gasteiger partial charge in [0.15, 0.2) is 11.5 Å². The average Bonchev–Trinajstić information content (AvgIpc) is 2.78. The fourth-order valence-corrected chi connectivity index (χ4v) is 3.70. The van der Waals surface area contributed by atoms with Crippen LogP contribution in [0.15, 0.2) is 44.9 Å². The second kappa shape index (κ2) is 8.64. The Morgan fingerprint density at radius 2 is 2.00 bits per heavy atom. The maximum atomic E-state index is 12.6. The number of nitrogens with two attached hydrogens (primary N) is 1. The molecule has 3 heterocycles. The van der Waals surface area contributed by atoms with Gasteiger partial charge in [-0.15, -0.1) is 0 Å². The molecule has 0 aliphatic carbocycles. The van der Waals surface area contributed by atoms with Crippen LogP contribution in [-0.2, 0) is 4.74 Å². The van der Waals surface area contributed by atoms with Gasteiger partial charge in [0.1, 0.15) is 23.2 Å². The molecular formula is C22H21N3O7. The molecule has 166 valence electrons. The Balaban J connectivity index is 1.73. The van der Waals surface area contributed by atoms with Crippen molar-refractivity contribution in [3.05, 3.63) is 63.0 Å². The Labute approximate surface area is 183 Å². The second-order valence-corrected chi connectivity index (χ2v) is 7.22. The predicted molar refractivity (Wildman–Crippen MR) is 110 cm³/mol. The molecule has 1 amide bonds. The standard InChI is InChI=1S/C22H21N3O7/c1-12-9-17-19(21(26)30-12)18(14(11-23)20(24)31-17)13-3-4-15(16(10-13)28-2)32-22(27)25-5-7-29-8-6-25/h3-4,9-10,18H,5-8,24H2,1-2H3/t18-/m0/s1. The number of morpholine rings is 1. The van der Waals surface area contributed by atoms with Crippen molar-refractivity contribution in [3.8, 4) is 23.3 Å². The second-order valence-electron chi connectivity index (χ2n) is 7.22. The van der Waals surface area contributed by atoms with Gasteiger partial charge in [0.2, 0.25) is 5.88 Å². The number of fused-ring (bicyclic) bond motifs is 1. The van der Waals surface area contributed by atoms with E-state index < -0.39 is 17.6 Å². The van der Waals surface area contributed by atoms with E-state index in [-0.39, 0.29) is 34.3 Å². The molecule has 1 atom stereocenters. The summed E-state index contributed by atoms with van der Waals surface area (Å²) in [5.41, 5.74) is 6.07. The summed E-state index contributed by atoms with van der Waals surface area (Å²) in [5, 5.41) is 9.69. The fraction of sp³-hybridized carbons (Fsp3) is 0.318. The number of methoxy groups -OCH3 is 1. The quantitative estimate of drug-likeness (QED) is 0.761. The minimum Gasteiger partial charge on any atom is -0.493 e. The molecule has 0 radical (unpaired) electrons. The molecule has 2 aliphatic rings.